The van der Waals surface area contributed by atoms with E-state index in [1.165, 1.54) is 17.5 Å². The number of halogens is 1. The van der Waals surface area contributed by atoms with Crippen LogP contribution in [0, 0.1) is 6.92 Å². The van der Waals surface area contributed by atoms with Crippen molar-refractivity contribution in [2.24, 2.45) is 0 Å². The van der Waals surface area contributed by atoms with Crippen LogP contribution in [0.4, 0.5) is 0 Å². The molecule has 0 aliphatic rings. The van der Waals surface area contributed by atoms with Crippen molar-refractivity contribution in [3.05, 3.63) is 69.9 Å². The van der Waals surface area contributed by atoms with E-state index in [0.29, 0.717) is 20.6 Å². The molecule has 1 aromatic carbocycles. The molecule has 2 heterocycles. The molecule has 3 aromatic rings. The summed E-state index contributed by atoms with van der Waals surface area (Å²) in [5, 5.41) is 1.28. The molecule has 0 unspecified atom stereocenters. The van der Waals surface area contributed by atoms with Crippen molar-refractivity contribution in [1.82, 2.24) is 20.8 Å². The lowest BCUT2D eigenvalue weighted by atomic mass is 10.2. The smallest absolute Gasteiger partial charge is 0.266 e. The maximum Gasteiger partial charge on any atom is 0.288 e. The highest BCUT2D eigenvalue weighted by Gasteiger charge is 2.17. The number of hydrazine groups is 1. The molecule has 0 radical (unpaired) electrons. The summed E-state index contributed by atoms with van der Waals surface area (Å²) in [7, 11) is 0. The second kappa shape index (κ2) is 7.42. The Morgan fingerprint density at radius 3 is 2.60 bits per heavy atom. The quantitative estimate of drug-likeness (QED) is 0.691. The lowest BCUT2D eigenvalue weighted by molar-refractivity contribution is 0.0845. The Balaban J connectivity index is 1.71. The van der Waals surface area contributed by atoms with Gasteiger partial charge in [0.25, 0.3) is 11.8 Å². The summed E-state index contributed by atoms with van der Waals surface area (Å²) in [5.74, 6) is -0.932. The summed E-state index contributed by atoms with van der Waals surface area (Å²) in [4.78, 5) is 33.0. The van der Waals surface area contributed by atoms with Gasteiger partial charge in [-0.25, -0.2) is 4.98 Å². The van der Waals surface area contributed by atoms with Crippen molar-refractivity contribution in [2.75, 3.05) is 0 Å². The Morgan fingerprint density at radius 2 is 1.88 bits per heavy atom. The van der Waals surface area contributed by atoms with Crippen LogP contribution in [-0.4, -0.2) is 21.8 Å². The molecule has 0 spiro atoms. The third-order valence-corrected chi connectivity index (χ3v) is 4.70. The first-order chi connectivity index (χ1) is 12.0. The molecule has 0 saturated heterocycles. The third kappa shape index (κ3) is 4.01. The van der Waals surface area contributed by atoms with E-state index in [1.807, 2.05) is 12.1 Å². The fourth-order valence-corrected chi connectivity index (χ4v) is 3.23. The zero-order chi connectivity index (χ0) is 17.8. The SMILES string of the molecule is Cc1nc(-c2cccc(Cl)c2)sc1C(=O)NNC(=O)c1ccccn1. The predicted octanol–water partition coefficient (Wildman–Crippen LogP) is 3.24. The first-order valence-corrected chi connectivity index (χ1v) is 8.49. The highest BCUT2D eigenvalue weighted by molar-refractivity contribution is 7.17. The number of hydrogen-bond donors (Lipinski definition) is 2. The number of carbonyl (C=O) groups is 2. The number of carbonyl (C=O) groups excluding carboxylic acids is 2. The summed E-state index contributed by atoms with van der Waals surface area (Å²) in [6, 6.07) is 12.2. The van der Waals surface area contributed by atoms with Gasteiger partial charge >= 0.3 is 0 Å². The summed E-state index contributed by atoms with van der Waals surface area (Å²) in [6.45, 7) is 1.74. The monoisotopic (exact) mass is 372 g/mol. The number of pyridine rings is 1. The average Bonchev–Trinajstić information content (AvgIpc) is 3.02. The third-order valence-electron chi connectivity index (χ3n) is 3.26. The van der Waals surface area contributed by atoms with E-state index in [1.54, 1.807) is 37.3 Å². The second-order valence-electron chi connectivity index (χ2n) is 5.07. The van der Waals surface area contributed by atoms with E-state index in [4.69, 9.17) is 11.6 Å². The van der Waals surface area contributed by atoms with E-state index in [2.05, 4.69) is 20.8 Å². The van der Waals surface area contributed by atoms with E-state index in [-0.39, 0.29) is 5.69 Å². The number of amides is 2. The molecule has 0 bridgehead atoms. The molecule has 0 atom stereocenters. The molecule has 0 saturated carbocycles. The van der Waals surface area contributed by atoms with Crippen LogP contribution in [0.15, 0.2) is 48.7 Å². The van der Waals surface area contributed by atoms with E-state index < -0.39 is 11.8 Å². The standard InChI is InChI=1S/C17H13ClN4O2S/c1-10-14(25-17(20-10)11-5-4-6-12(18)9-11)16(24)22-21-15(23)13-7-2-3-8-19-13/h2-9H,1H3,(H,21,23)(H,22,24). The number of nitrogens with zero attached hydrogens (tertiary/aromatic N) is 2. The summed E-state index contributed by atoms with van der Waals surface area (Å²) in [6.07, 6.45) is 1.50. The molecule has 2 aromatic heterocycles. The predicted molar refractivity (Wildman–Crippen MR) is 96.5 cm³/mol. The van der Waals surface area contributed by atoms with Gasteiger partial charge in [0.05, 0.1) is 5.69 Å². The first-order valence-electron chi connectivity index (χ1n) is 7.29. The van der Waals surface area contributed by atoms with Crippen molar-refractivity contribution in [1.29, 1.82) is 0 Å². The fourth-order valence-electron chi connectivity index (χ4n) is 2.08. The van der Waals surface area contributed by atoms with Crippen molar-refractivity contribution in [3.63, 3.8) is 0 Å². The number of hydrogen-bond acceptors (Lipinski definition) is 5. The Morgan fingerprint density at radius 1 is 1.08 bits per heavy atom. The Hall–Kier alpha value is -2.77. The number of aryl methyl sites for hydroxylation is 1. The number of benzene rings is 1. The van der Waals surface area contributed by atoms with Crippen LogP contribution in [0.1, 0.15) is 25.9 Å². The van der Waals surface area contributed by atoms with Gasteiger partial charge in [-0.2, -0.15) is 0 Å². The molecule has 8 heteroatoms. The molecule has 0 fully saturated rings. The Bertz CT molecular complexity index is 927. The first kappa shape index (κ1) is 17.1. The molecular weight excluding hydrogens is 360 g/mol. The second-order valence-corrected chi connectivity index (χ2v) is 6.50. The molecular formula is C17H13ClN4O2S. The molecule has 2 amide bonds. The maximum atomic E-state index is 12.3. The molecule has 6 nitrogen and oxygen atoms in total. The van der Waals surface area contributed by atoms with E-state index in [9.17, 15) is 9.59 Å². The van der Waals surface area contributed by atoms with Gasteiger partial charge < -0.3 is 0 Å². The molecule has 0 aliphatic carbocycles. The highest BCUT2D eigenvalue weighted by atomic mass is 35.5. The lowest BCUT2D eigenvalue weighted by Gasteiger charge is -2.05. The largest absolute Gasteiger partial charge is 0.288 e. The molecule has 0 aliphatic heterocycles. The van der Waals surface area contributed by atoms with Crippen LogP contribution in [-0.2, 0) is 0 Å². The summed E-state index contributed by atoms with van der Waals surface area (Å²) >= 11 is 7.22. The van der Waals surface area contributed by atoms with Gasteiger partial charge in [-0.1, -0.05) is 29.8 Å². The van der Waals surface area contributed by atoms with Crippen molar-refractivity contribution in [3.8, 4) is 10.6 Å². The minimum absolute atomic E-state index is 0.212. The van der Waals surface area contributed by atoms with E-state index >= 15 is 0 Å². The van der Waals surface area contributed by atoms with Gasteiger partial charge in [0.1, 0.15) is 15.6 Å². The number of aromatic nitrogens is 2. The van der Waals surface area contributed by atoms with Gasteiger partial charge in [0, 0.05) is 16.8 Å². The highest BCUT2D eigenvalue weighted by Crippen LogP contribution is 2.29. The minimum atomic E-state index is -0.494. The molecule has 2 N–H and O–H groups in total. The van der Waals surface area contributed by atoms with Gasteiger partial charge in [0.15, 0.2) is 0 Å². The van der Waals surface area contributed by atoms with Gasteiger partial charge in [-0.05, 0) is 31.2 Å². The number of thiazole rings is 1. The minimum Gasteiger partial charge on any atom is -0.266 e. The van der Waals surface area contributed by atoms with Gasteiger partial charge in [-0.3, -0.25) is 25.4 Å². The number of nitrogens with one attached hydrogen (secondary N) is 2. The van der Waals surface area contributed by atoms with Crippen molar-refractivity contribution in [2.45, 2.75) is 6.92 Å². The topological polar surface area (TPSA) is 84.0 Å². The van der Waals surface area contributed by atoms with Crippen LogP contribution < -0.4 is 10.9 Å². The zero-order valence-corrected chi connectivity index (χ0v) is 14.7. The summed E-state index contributed by atoms with van der Waals surface area (Å²) in [5.41, 5.74) is 6.34. The van der Waals surface area contributed by atoms with Gasteiger partial charge in [0.2, 0.25) is 0 Å². The number of rotatable bonds is 3. The van der Waals surface area contributed by atoms with Crippen LogP contribution in [0.25, 0.3) is 10.6 Å². The van der Waals surface area contributed by atoms with Crippen LogP contribution >= 0.6 is 22.9 Å². The fraction of sp³-hybridized carbons (Fsp3) is 0.0588. The van der Waals surface area contributed by atoms with Crippen molar-refractivity contribution < 1.29 is 9.59 Å². The molecule has 126 valence electrons. The average molecular weight is 373 g/mol. The summed E-state index contributed by atoms with van der Waals surface area (Å²) < 4.78 is 0. The lowest BCUT2D eigenvalue weighted by Crippen LogP contribution is -2.41. The van der Waals surface area contributed by atoms with Gasteiger partial charge in [-0.15, -0.1) is 11.3 Å². The maximum absolute atomic E-state index is 12.3. The Kier molecular flexibility index (Phi) is 5.06. The van der Waals surface area contributed by atoms with Crippen LogP contribution in [0.3, 0.4) is 0 Å². The normalized spacial score (nSPS) is 10.3. The molecule has 3 rings (SSSR count). The van der Waals surface area contributed by atoms with Crippen LogP contribution in [0.5, 0.6) is 0 Å². The Labute approximate surface area is 152 Å². The zero-order valence-electron chi connectivity index (χ0n) is 13.1. The van der Waals surface area contributed by atoms with Crippen LogP contribution in [0.2, 0.25) is 5.02 Å². The molecule has 25 heavy (non-hydrogen) atoms. The van der Waals surface area contributed by atoms with Crippen molar-refractivity contribution >= 4 is 34.8 Å². The van der Waals surface area contributed by atoms with E-state index in [0.717, 1.165) is 5.56 Å².